The molecule has 5 nitrogen and oxygen atoms in total. The molecule has 1 amide bonds. The maximum Gasteiger partial charge on any atom is 0.253 e. The van der Waals surface area contributed by atoms with Crippen LogP contribution >= 0.6 is 0 Å². The summed E-state index contributed by atoms with van der Waals surface area (Å²) in [5.41, 5.74) is 2.22. The van der Waals surface area contributed by atoms with E-state index < -0.39 is 0 Å². The first-order valence-electron chi connectivity index (χ1n) is 8.42. The Balaban J connectivity index is 1.70. The number of amides is 1. The van der Waals surface area contributed by atoms with Crippen molar-refractivity contribution in [2.24, 2.45) is 7.05 Å². The van der Waals surface area contributed by atoms with E-state index in [1.54, 1.807) is 25.4 Å². The lowest BCUT2D eigenvalue weighted by atomic mass is 10.0. The molecule has 0 radical (unpaired) electrons. The van der Waals surface area contributed by atoms with E-state index in [9.17, 15) is 14.0 Å². The molecule has 132 valence electrons. The van der Waals surface area contributed by atoms with Crippen LogP contribution in [0.2, 0.25) is 0 Å². The van der Waals surface area contributed by atoms with Gasteiger partial charge in [-0.15, -0.1) is 0 Å². The van der Waals surface area contributed by atoms with Crippen molar-refractivity contribution < 1.29 is 9.18 Å². The Kier molecular flexibility index (Phi) is 4.88. The van der Waals surface area contributed by atoms with Gasteiger partial charge in [0.2, 0.25) is 5.56 Å². The summed E-state index contributed by atoms with van der Waals surface area (Å²) in [4.78, 5) is 26.1. The van der Waals surface area contributed by atoms with Crippen LogP contribution in [0.5, 0.6) is 0 Å². The highest BCUT2D eigenvalue weighted by Gasteiger charge is 2.23. The summed E-state index contributed by atoms with van der Waals surface area (Å²) in [5, 5.41) is 3.04. The van der Waals surface area contributed by atoms with E-state index in [4.69, 9.17) is 0 Å². The Labute approximate surface area is 146 Å². The third kappa shape index (κ3) is 3.90. The van der Waals surface area contributed by atoms with Gasteiger partial charge in [-0.3, -0.25) is 9.59 Å². The van der Waals surface area contributed by atoms with Crippen molar-refractivity contribution in [1.82, 2.24) is 9.88 Å². The summed E-state index contributed by atoms with van der Waals surface area (Å²) in [6.45, 7) is 3.47. The van der Waals surface area contributed by atoms with Crippen LogP contribution < -0.4 is 15.8 Å². The van der Waals surface area contributed by atoms with Crippen molar-refractivity contribution in [3.8, 4) is 0 Å². The molecule has 1 fully saturated rings. The lowest BCUT2D eigenvalue weighted by molar-refractivity contribution is 0.0932. The highest BCUT2D eigenvalue weighted by molar-refractivity contribution is 5.94. The number of aryl methyl sites for hydroxylation is 2. The normalized spacial score (nSPS) is 17.4. The third-order valence-corrected chi connectivity index (χ3v) is 4.60. The van der Waals surface area contributed by atoms with Gasteiger partial charge in [0, 0.05) is 44.1 Å². The Bertz CT molecular complexity index is 847. The number of carbonyl (C=O) groups excluding carboxylic acids is 1. The van der Waals surface area contributed by atoms with Crippen molar-refractivity contribution in [3.63, 3.8) is 0 Å². The van der Waals surface area contributed by atoms with Crippen molar-refractivity contribution >= 4 is 11.6 Å². The van der Waals surface area contributed by atoms with Gasteiger partial charge in [0.1, 0.15) is 5.82 Å². The highest BCUT2D eigenvalue weighted by atomic mass is 19.1. The summed E-state index contributed by atoms with van der Waals surface area (Å²) >= 11 is 0. The number of piperidine rings is 1. The number of anilines is 1. The fraction of sp³-hybridized carbons (Fsp3) is 0.368. The van der Waals surface area contributed by atoms with E-state index in [0.717, 1.165) is 30.6 Å². The zero-order chi connectivity index (χ0) is 18.0. The van der Waals surface area contributed by atoms with Crippen LogP contribution in [0.3, 0.4) is 0 Å². The maximum absolute atomic E-state index is 13.3. The van der Waals surface area contributed by atoms with Gasteiger partial charge in [0.05, 0.1) is 5.56 Å². The molecule has 0 aliphatic carbocycles. The zero-order valence-corrected chi connectivity index (χ0v) is 14.5. The van der Waals surface area contributed by atoms with E-state index in [1.807, 2.05) is 6.92 Å². The highest BCUT2D eigenvalue weighted by Crippen LogP contribution is 2.24. The molecule has 0 unspecified atom stereocenters. The number of aromatic nitrogens is 1. The third-order valence-electron chi connectivity index (χ3n) is 4.60. The topological polar surface area (TPSA) is 54.3 Å². The summed E-state index contributed by atoms with van der Waals surface area (Å²) in [5.74, 6) is -0.420. The number of halogens is 1. The van der Waals surface area contributed by atoms with Crippen LogP contribution in [0.25, 0.3) is 0 Å². The Morgan fingerprint density at radius 1 is 1.28 bits per heavy atom. The molecule has 6 heteroatoms. The van der Waals surface area contributed by atoms with Crippen LogP contribution in [-0.4, -0.2) is 29.6 Å². The number of hydrogen-bond donors (Lipinski definition) is 1. The molecular weight excluding hydrogens is 321 g/mol. The molecular formula is C19H22FN3O2. The predicted molar refractivity (Wildman–Crippen MR) is 95.5 cm³/mol. The smallest absolute Gasteiger partial charge is 0.253 e. The predicted octanol–water partition coefficient (Wildman–Crippen LogP) is 2.23. The molecule has 25 heavy (non-hydrogen) atoms. The molecule has 0 bridgehead atoms. The van der Waals surface area contributed by atoms with Gasteiger partial charge in [-0.2, -0.15) is 0 Å². The minimum Gasteiger partial charge on any atom is -0.369 e. The second-order valence-corrected chi connectivity index (χ2v) is 6.56. The molecule has 1 aliphatic rings. The molecule has 1 aliphatic heterocycles. The fourth-order valence-electron chi connectivity index (χ4n) is 3.28. The number of benzene rings is 1. The van der Waals surface area contributed by atoms with Crippen LogP contribution in [0.4, 0.5) is 10.1 Å². The van der Waals surface area contributed by atoms with Crippen LogP contribution in [0, 0.1) is 12.7 Å². The minimum absolute atomic E-state index is 0.0166. The average Bonchev–Trinajstić information content (AvgIpc) is 2.57. The summed E-state index contributed by atoms with van der Waals surface area (Å²) < 4.78 is 14.7. The van der Waals surface area contributed by atoms with E-state index in [1.165, 1.54) is 22.8 Å². The van der Waals surface area contributed by atoms with E-state index in [0.29, 0.717) is 12.1 Å². The lowest BCUT2D eigenvalue weighted by Crippen LogP contribution is -2.48. The number of nitrogens with zero attached hydrogens (tertiary/aromatic N) is 2. The van der Waals surface area contributed by atoms with E-state index >= 15 is 0 Å². The number of hydrogen-bond acceptors (Lipinski definition) is 3. The van der Waals surface area contributed by atoms with Gasteiger partial charge in [-0.05, 0) is 49.6 Å². The van der Waals surface area contributed by atoms with Gasteiger partial charge < -0.3 is 14.8 Å². The standard InChI is InChI=1S/C19H22FN3O2/c1-13-10-15(20)6-7-17(13)23-9-3-4-16(12-23)21-19(25)14-5-8-18(24)22(2)11-14/h5-8,10-11,16H,3-4,9,12H2,1-2H3,(H,21,25)/t16-/m1/s1. The number of rotatable bonds is 3. The van der Waals surface area contributed by atoms with Crippen molar-refractivity contribution in [1.29, 1.82) is 0 Å². The maximum atomic E-state index is 13.3. The van der Waals surface area contributed by atoms with Gasteiger partial charge in [0.25, 0.3) is 5.91 Å². The van der Waals surface area contributed by atoms with E-state index in [2.05, 4.69) is 10.2 Å². The largest absolute Gasteiger partial charge is 0.369 e. The van der Waals surface area contributed by atoms with Crippen molar-refractivity contribution in [2.45, 2.75) is 25.8 Å². The molecule has 1 aromatic carbocycles. The molecule has 3 rings (SSSR count). The van der Waals surface area contributed by atoms with Crippen LogP contribution in [0.15, 0.2) is 41.3 Å². The van der Waals surface area contributed by atoms with Crippen LogP contribution in [-0.2, 0) is 7.05 Å². The molecule has 1 N–H and O–H groups in total. The second kappa shape index (κ2) is 7.09. The lowest BCUT2D eigenvalue weighted by Gasteiger charge is -2.35. The molecule has 1 aromatic heterocycles. The summed E-state index contributed by atoms with van der Waals surface area (Å²) in [6, 6.07) is 7.74. The summed E-state index contributed by atoms with van der Waals surface area (Å²) in [6.07, 6.45) is 3.39. The molecule has 0 saturated carbocycles. The molecule has 1 atom stereocenters. The Morgan fingerprint density at radius 3 is 2.80 bits per heavy atom. The number of pyridine rings is 1. The van der Waals surface area contributed by atoms with Gasteiger partial charge in [-0.1, -0.05) is 0 Å². The van der Waals surface area contributed by atoms with Gasteiger partial charge in [0.15, 0.2) is 0 Å². The fourth-order valence-corrected chi connectivity index (χ4v) is 3.28. The average molecular weight is 343 g/mol. The van der Waals surface area contributed by atoms with E-state index in [-0.39, 0.29) is 23.3 Å². The molecule has 2 aromatic rings. The van der Waals surface area contributed by atoms with Crippen LogP contribution in [0.1, 0.15) is 28.8 Å². The van der Waals surface area contributed by atoms with Gasteiger partial charge >= 0.3 is 0 Å². The first kappa shape index (κ1) is 17.2. The first-order valence-corrected chi connectivity index (χ1v) is 8.42. The van der Waals surface area contributed by atoms with Crippen molar-refractivity contribution in [2.75, 3.05) is 18.0 Å². The Hall–Kier alpha value is -2.63. The SMILES string of the molecule is Cc1cc(F)ccc1N1CCC[C@@H](NC(=O)c2ccc(=O)n(C)c2)C1. The number of nitrogens with one attached hydrogen (secondary N) is 1. The quantitative estimate of drug-likeness (QED) is 0.930. The van der Waals surface area contributed by atoms with Gasteiger partial charge in [-0.25, -0.2) is 4.39 Å². The zero-order valence-electron chi connectivity index (χ0n) is 14.5. The number of carbonyl (C=O) groups is 1. The first-order chi connectivity index (χ1) is 11.9. The second-order valence-electron chi connectivity index (χ2n) is 6.56. The molecule has 2 heterocycles. The summed E-state index contributed by atoms with van der Waals surface area (Å²) in [7, 11) is 1.62. The van der Waals surface area contributed by atoms with Crippen molar-refractivity contribution in [3.05, 3.63) is 63.8 Å². The minimum atomic E-state index is -0.238. The monoisotopic (exact) mass is 343 g/mol. The molecule has 1 saturated heterocycles. The Morgan fingerprint density at radius 2 is 2.08 bits per heavy atom. The molecule has 0 spiro atoms.